The van der Waals surface area contributed by atoms with Crippen molar-refractivity contribution < 1.29 is 58.2 Å². The average Bonchev–Trinajstić information content (AvgIpc) is 3.39. The van der Waals surface area contributed by atoms with Gasteiger partial charge in [0.25, 0.3) is 0 Å². The summed E-state index contributed by atoms with van der Waals surface area (Å²) >= 11 is 0. The number of hydrogen-bond acceptors (Lipinski definition) is 11. The highest BCUT2D eigenvalue weighted by Crippen LogP contribution is 2.26. The van der Waals surface area contributed by atoms with Crippen molar-refractivity contribution >= 4 is 23.9 Å². The highest BCUT2D eigenvalue weighted by atomic mass is 16.7. The lowest BCUT2D eigenvalue weighted by molar-refractivity contribution is -0.301. The van der Waals surface area contributed by atoms with Crippen LogP contribution in [-0.4, -0.2) is 89.2 Å². The summed E-state index contributed by atoms with van der Waals surface area (Å²) in [4.78, 5) is 51.1. The minimum atomic E-state index is -1.91. The molecule has 3 N–H and O–H groups in total. The van der Waals surface area contributed by atoms with E-state index in [0.29, 0.717) is 19.3 Å². The Balaban J connectivity index is 2.71. The fraction of sp³-hybridized carbons (Fsp3) is 0.714. The lowest BCUT2D eigenvalue weighted by Crippen LogP contribution is -2.61. The summed E-state index contributed by atoms with van der Waals surface area (Å²) in [6.45, 7) is 5.78. The number of carboxylic acid groups (broad SMARTS) is 1. The third-order valence-corrected chi connectivity index (χ3v) is 12.9. The molecule has 0 saturated carbocycles. The molecule has 6 unspecified atom stereocenters. The number of carboxylic acids is 1. The molecule has 12 heteroatoms. The van der Waals surface area contributed by atoms with Crippen LogP contribution in [-0.2, 0) is 42.9 Å². The molecule has 75 heavy (non-hydrogen) atoms. The van der Waals surface area contributed by atoms with Crippen molar-refractivity contribution in [2.24, 2.45) is 0 Å². The number of carbonyl (C=O) groups is 4. The quantitative estimate of drug-likeness (QED) is 0.0228. The second-order valence-corrected chi connectivity index (χ2v) is 19.9. The van der Waals surface area contributed by atoms with Crippen LogP contribution in [0.5, 0.6) is 0 Å². The van der Waals surface area contributed by atoms with Crippen LogP contribution in [0.25, 0.3) is 0 Å². The standard InChI is InChI=1S/C63H104O12/c1-4-7-10-13-16-19-22-25-27-28-30-33-36-39-42-45-48-51-57(66)74-61-59(68)58(67)60(62(69)70)75-63(61)72-53-54(73-56(65)50-47-44-41-38-35-31-24-21-18-15-12-9-6-3)52-71-55(64)49-46-43-40-37-34-32-29-26-23-20-17-14-11-8-5-2/h9,12,16-21,25-27,29,31,35,54,58-61,63,67-68H,4-8,10-11,13-15,22-24,28,30,32-34,36-53H2,1-3H3,(H,69,70)/b12-9-,19-16-,20-17-,21-18-,27-25-,29-26-,35-31-. The largest absolute Gasteiger partial charge is 0.479 e. The second-order valence-electron chi connectivity index (χ2n) is 19.9. The smallest absolute Gasteiger partial charge is 0.335 e. The van der Waals surface area contributed by atoms with Crippen LogP contribution in [0.2, 0.25) is 0 Å². The van der Waals surface area contributed by atoms with Crippen molar-refractivity contribution in [1.82, 2.24) is 0 Å². The van der Waals surface area contributed by atoms with Crippen LogP contribution < -0.4 is 0 Å². The van der Waals surface area contributed by atoms with Gasteiger partial charge in [-0.05, 0) is 116 Å². The molecule has 0 aromatic heterocycles. The Morgan fingerprint density at radius 2 is 0.840 bits per heavy atom. The number of allylic oxidation sites excluding steroid dienone is 14. The maximum absolute atomic E-state index is 13.1. The summed E-state index contributed by atoms with van der Waals surface area (Å²) in [5, 5.41) is 31.5. The zero-order valence-electron chi connectivity index (χ0n) is 47.0. The predicted molar refractivity (Wildman–Crippen MR) is 303 cm³/mol. The third kappa shape index (κ3) is 40.8. The monoisotopic (exact) mass is 1050 g/mol. The lowest BCUT2D eigenvalue weighted by Gasteiger charge is -2.40. The zero-order valence-corrected chi connectivity index (χ0v) is 47.0. The molecule has 0 bridgehead atoms. The van der Waals surface area contributed by atoms with E-state index in [-0.39, 0.29) is 25.9 Å². The predicted octanol–water partition coefficient (Wildman–Crippen LogP) is 15.1. The van der Waals surface area contributed by atoms with Crippen LogP contribution in [0, 0.1) is 0 Å². The van der Waals surface area contributed by atoms with E-state index in [0.717, 1.165) is 141 Å². The van der Waals surface area contributed by atoms with Crippen LogP contribution in [0.4, 0.5) is 0 Å². The Labute approximate surface area is 454 Å². The van der Waals surface area contributed by atoms with E-state index in [1.54, 1.807) is 0 Å². The Kier molecular flexibility index (Phi) is 46.6. The first-order valence-electron chi connectivity index (χ1n) is 29.6. The number of aliphatic hydroxyl groups is 2. The van der Waals surface area contributed by atoms with Crippen molar-refractivity contribution in [3.05, 3.63) is 85.1 Å². The minimum Gasteiger partial charge on any atom is -0.479 e. The molecule has 0 aromatic carbocycles. The van der Waals surface area contributed by atoms with Gasteiger partial charge in [0.1, 0.15) is 18.8 Å². The number of aliphatic hydroxyl groups excluding tert-OH is 2. The first-order valence-corrected chi connectivity index (χ1v) is 29.6. The summed E-state index contributed by atoms with van der Waals surface area (Å²) in [6, 6.07) is 0. The van der Waals surface area contributed by atoms with Gasteiger partial charge in [0.2, 0.25) is 0 Å². The van der Waals surface area contributed by atoms with Gasteiger partial charge in [-0.1, -0.05) is 189 Å². The third-order valence-electron chi connectivity index (χ3n) is 12.9. The molecule has 1 rings (SSSR count). The molecule has 1 heterocycles. The number of esters is 3. The fourth-order valence-electron chi connectivity index (χ4n) is 8.38. The molecular weight excluding hydrogens is 949 g/mol. The van der Waals surface area contributed by atoms with Gasteiger partial charge in [0.15, 0.2) is 24.6 Å². The topological polar surface area (TPSA) is 175 Å². The van der Waals surface area contributed by atoms with Gasteiger partial charge in [0.05, 0.1) is 6.61 Å². The van der Waals surface area contributed by atoms with E-state index >= 15 is 0 Å². The first kappa shape index (κ1) is 68.9. The van der Waals surface area contributed by atoms with Crippen LogP contribution >= 0.6 is 0 Å². The van der Waals surface area contributed by atoms with E-state index in [9.17, 15) is 34.5 Å². The summed E-state index contributed by atoms with van der Waals surface area (Å²) in [7, 11) is 0. The zero-order chi connectivity index (χ0) is 54.7. The molecule has 0 amide bonds. The molecule has 6 atom stereocenters. The molecule has 0 aliphatic carbocycles. The number of aliphatic carboxylic acids is 1. The number of ether oxygens (including phenoxy) is 5. The molecule has 12 nitrogen and oxygen atoms in total. The second kappa shape index (κ2) is 50.7. The van der Waals surface area contributed by atoms with E-state index in [2.05, 4.69) is 106 Å². The molecule has 0 aromatic rings. The Hall–Kier alpha value is -4.10. The average molecular weight is 1050 g/mol. The molecule has 0 radical (unpaired) electrons. The maximum atomic E-state index is 13.1. The highest BCUT2D eigenvalue weighted by Gasteiger charge is 2.50. The molecular formula is C63H104O12. The van der Waals surface area contributed by atoms with Crippen LogP contribution in [0.15, 0.2) is 85.1 Å². The van der Waals surface area contributed by atoms with Crippen molar-refractivity contribution in [3.63, 3.8) is 0 Å². The number of rotatable bonds is 49. The number of carbonyl (C=O) groups excluding carboxylic acids is 3. The first-order chi connectivity index (χ1) is 36.6. The molecule has 1 aliphatic rings. The van der Waals surface area contributed by atoms with Gasteiger partial charge < -0.3 is 39.0 Å². The number of unbranched alkanes of at least 4 members (excludes halogenated alkanes) is 21. The van der Waals surface area contributed by atoms with Crippen LogP contribution in [0.1, 0.15) is 239 Å². The number of hydrogen-bond donors (Lipinski definition) is 3. The van der Waals surface area contributed by atoms with Gasteiger partial charge in [-0.25, -0.2) is 4.79 Å². The molecule has 1 fully saturated rings. The van der Waals surface area contributed by atoms with Crippen molar-refractivity contribution in [3.8, 4) is 0 Å². The SMILES string of the molecule is CC/C=C\C/C=C\C/C=C\CCCCCC(=O)OC(COC(=O)CCCCCCC/C=C\C/C=C\CCCCC)COC1OC(C(=O)O)C(O)C(O)C1OC(=O)CCCCCCCCC/C=C\C/C=C\CCCCC. The fourth-order valence-corrected chi connectivity index (χ4v) is 8.38. The van der Waals surface area contributed by atoms with Crippen molar-refractivity contribution in [2.75, 3.05) is 13.2 Å². The van der Waals surface area contributed by atoms with Gasteiger partial charge in [-0.3, -0.25) is 14.4 Å². The molecule has 1 saturated heterocycles. The summed E-state index contributed by atoms with van der Waals surface area (Å²) in [5.41, 5.74) is 0. The Bertz CT molecular complexity index is 1630. The summed E-state index contributed by atoms with van der Waals surface area (Å²) in [6.07, 6.45) is 52.6. The van der Waals surface area contributed by atoms with E-state index in [4.69, 9.17) is 23.7 Å². The van der Waals surface area contributed by atoms with E-state index in [1.807, 2.05) is 0 Å². The van der Waals surface area contributed by atoms with E-state index in [1.165, 1.54) is 38.5 Å². The normalized spacial score (nSPS) is 18.8. The van der Waals surface area contributed by atoms with Gasteiger partial charge in [-0.2, -0.15) is 0 Å². The van der Waals surface area contributed by atoms with Gasteiger partial charge in [0, 0.05) is 19.3 Å². The van der Waals surface area contributed by atoms with Crippen molar-refractivity contribution in [2.45, 2.75) is 276 Å². The molecule has 0 spiro atoms. The highest BCUT2D eigenvalue weighted by molar-refractivity contribution is 5.74. The maximum Gasteiger partial charge on any atom is 0.335 e. The summed E-state index contributed by atoms with van der Waals surface area (Å²) in [5.74, 6) is -3.19. The van der Waals surface area contributed by atoms with Crippen molar-refractivity contribution in [1.29, 1.82) is 0 Å². The summed E-state index contributed by atoms with van der Waals surface area (Å²) < 4.78 is 28.4. The van der Waals surface area contributed by atoms with Crippen LogP contribution in [0.3, 0.4) is 0 Å². The van der Waals surface area contributed by atoms with Gasteiger partial charge in [-0.15, -0.1) is 0 Å². The van der Waals surface area contributed by atoms with E-state index < -0.39 is 67.3 Å². The Morgan fingerprint density at radius 1 is 0.453 bits per heavy atom. The lowest BCUT2D eigenvalue weighted by atomic mass is 9.98. The van der Waals surface area contributed by atoms with Gasteiger partial charge >= 0.3 is 23.9 Å². The molecule has 1 aliphatic heterocycles. The Morgan fingerprint density at radius 3 is 1.29 bits per heavy atom. The minimum absolute atomic E-state index is 0.0436. The molecule has 428 valence electrons.